The highest BCUT2D eigenvalue weighted by Gasteiger charge is 2.32. The Bertz CT molecular complexity index is 725. The van der Waals surface area contributed by atoms with Gasteiger partial charge in [0.05, 0.1) is 21.3 Å². The van der Waals surface area contributed by atoms with Crippen LogP contribution in [0.1, 0.15) is 5.56 Å². The molecule has 0 atom stereocenters. The van der Waals surface area contributed by atoms with Crippen molar-refractivity contribution in [2.45, 2.75) is 6.18 Å². The molecule has 0 saturated heterocycles. The van der Waals surface area contributed by atoms with E-state index >= 15 is 0 Å². The van der Waals surface area contributed by atoms with E-state index in [1.165, 1.54) is 17.8 Å². The summed E-state index contributed by atoms with van der Waals surface area (Å²) < 4.78 is 57.3. The number of hydrogen-bond acceptors (Lipinski definition) is 3. The first-order valence-electron chi connectivity index (χ1n) is 6.08. The molecule has 0 amide bonds. The fourth-order valence-corrected chi connectivity index (χ4v) is 2.45. The number of aromatic nitrogens is 1. The maximum Gasteiger partial charge on any atom is 0.417 e. The molecule has 23 heavy (non-hydrogen) atoms. The minimum Gasteiger partial charge on any atom is -0.481 e. The molecule has 0 aliphatic carbocycles. The molecule has 0 spiro atoms. The van der Waals surface area contributed by atoms with Gasteiger partial charge in [0, 0.05) is 11.8 Å². The molecule has 2 nitrogen and oxygen atoms in total. The van der Waals surface area contributed by atoms with E-state index in [1.807, 2.05) is 0 Å². The van der Waals surface area contributed by atoms with Gasteiger partial charge in [-0.05, 0) is 24.5 Å². The molecule has 1 aromatic carbocycles. The number of pyridine rings is 1. The first kappa shape index (κ1) is 18.2. The van der Waals surface area contributed by atoms with Crippen LogP contribution >= 0.6 is 35.0 Å². The van der Waals surface area contributed by atoms with Crippen LogP contribution in [-0.2, 0) is 6.18 Å². The molecule has 124 valence electrons. The van der Waals surface area contributed by atoms with Crippen molar-refractivity contribution in [2.75, 3.05) is 12.2 Å². The first-order chi connectivity index (χ1) is 10.7. The van der Waals surface area contributed by atoms with Gasteiger partial charge in [-0.1, -0.05) is 23.2 Å². The predicted octanol–water partition coefficient (Wildman–Crippen LogP) is 5.91. The van der Waals surface area contributed by atoms with Crippen molar-refractivity contribution < 1.29 is 22.3 Å². The van der Waals surface area contributed by atoms with Crippen LogP contribution in [0.2, 0.25) is 10.0 Å². The molecule has 9 heteroatoms. The van der Waals surface area contributed by atoms with E-state index in [-0.39, 0.29) is 33.0 Å². The highest BCUT2D eigenvalue weighted by atomic mass is 35.5. The average Bonchev–Trinajstić information content (AvgIpc) is 2.46. The number of halogens is 6. The van der Waals surface area contributed by atoms with E-state index < -0.39 is 17.6 Å². The van der Waals surface area contributed by atoms with Gasteiger partial charge in [-0.2, -0.15) is 13.2 Å². The zero-order valence-corrected chi connectivity index (χ0v) is 13.9. The predicted molar refractivity (Wildman–Crippen MR) is 83.7 cm³/mol. The monoisotopic (exact) mass is 385 g/mol. The summed E-state index contributed by atoms with van der Waals surface area (Å²) >= 11 is 13.1. The van der Waals surface area contributed by atoms with Gasteiger partial charge in [0.2, 0.25) is 0 Å². The Hall–Kier alpha value is -1.18. The summed E-state index contributed by atoms with van der Waals surface area (Å²) in [5, 5.41) is -0.278. The Balaban J connectivity index is 2.49. The van der Waals surface area contributed by atoms with Crippen molar-refractivity contribution in [1.82, 2.24) is 4.98 Å². The number of benzene rings is 1. The molecular formula is C14H9Cl2F4NOS. The number of thioether (sulfide) groups is 1. The summed E-state index contributed by atoms with van der Waals surface area (Å²) in [5.74, 6) is -0.297. The van der Waals surface area contributed by atoms with Gasteiger partial charge >= 0.3 is 6.18 Å². The normalized spacial score (nSPS) is 11.6. The summed E-state index contributed by atoms with van der Waals surface area (Å²) in [4.78, 5) is 3.63. The van der Waals surface area contributed by atoms with Gasteiger partial charge in [0.25, 0.3) is 0 Å². The van der Waals surface area contributed by atoms with Gasteiger partial charge < -0.3 is 4.74 Å². The molecule has 1 heterocycles. The summed E-state index contributed by atoms with van der Waals surface area (Å²) in [6, 6.07) is 2.96. The second-order valence-corrected chi connectivity index (χ2v) is 5.99. The maximum atomic E-state index is 14.1. The van der Waals surface area contributed by atoms with E-state index in [1.54, 1.807) is 6.26 Å². The third kappa shape index (κ3) is 4.22. The number of rotatable bonds is 4. The summed E-state index contributed by atoms with van der Waals surface area (Å²) in [6.07, 6.45) is -2.19. The van der Waals surface area contributed by atoms with Crippen LogP contribution in [-0.4, -0.2) is 17.2 Å². The van der Waals surface area contributed by atoms with E-state index in [4.69, 9.17) is 27.9 Å². The Morgan fingerprint density at radius 1 is 1.17 bits per heavy atom. The van der Waals surface area contributed by atoms with E-state index in [2.05, 4.69) is 4.98 Å². The lowest BCUT2D eigenvalue weighted by Crippen LogP contribution is -2.06. The van der Waals surface area contributed by atoms with E-state index in [0.717, 1.165) is 6.07 Å². The second-order valence-electron chi connectivity index (χ2n) is 4.37. The summed E-state index contributed by atoms with van der Waals surface area (Å²) in [5.41, 5.74) is -1.23. The zero-order chi connectivity index (χ0) is 17.2. The lowest BCUT2D eigenvalue weighted by molar-refractivity contribution is -0.137. The van der Waals surface area contributed by atoms with Crippen LogP contribution in [0.4, 0.5) is 17.6 Å². The van der Waals surface area contributed by atoms with Crippen LogP contribution in [0.5, 0.6) is 5.75 Å². The molecule has 2 rings (SSSR count). The summed E-state index contributed by atoms with van der Waals surface area (Å²) in [6.45, 7) is 0. The Morgan fingerprint density at radius 3 is 2.43 bits per heavy atom. The standard InChI is InChI=1S/C14H9Cl2F4NOS/c1-23-6-22-12-3-8(11(17)4-9(12)15)13-10(16)2-7(5-21-13)14(18,19)20/h2-5H,6H2,1H3. The lowest BCUT2D eigenvalue weighted by atomic mass is 10.1. The zero-order valence-electron chi connectivity index (χ0n) is 11.5. The fraction of sp³-hybridized carbons (Fsp3) is 0.214. The van der Waals surface area contributed by atoms with Crippen molar-refractivity contribution in [2.24, 2.45) is 0 Å². The Morgan fingerprint density at radius 2 is 1.87 bits per heavy atom. The minimum atomic E-state index is -4.58. The number of ether oxygens (including phenoxy) is 1. The van der Waals surface area contributed by atoms with Crippen molar-refractivity contribution >= 4 is 35.0 Å². The Labute approximate surface area is 143 Å². The molecule has 0 radical (unpaired) electrons. The molecule has 0 fully saturated rings. The van der Waals surface area contributed by atoms with Crippen molar-refractivity contribution in [3.63, 3.8) is 0 Å². The third-order valence-electron chi connectivity index (χ3n) is 2.78. The van der Waals surface area contributed by atoms with Gasteiger partial charge in [0.15, 0.2) is 0 Å². The van der Waals surface area contributed by atoms with Gasteiger partial charge in [-0.15, -0.1) is 11.8 Å². The molecule has 0 N–H and O–H groups in total. The quantitative estimate of drug-likeness (QED) is 0.482. The van der Waals surface area contributed by atoms with Crippen molar-refractivity contribution in [3.8, 4) is 17.0 Å². The van der Waals surface area contributed by atoms with Crippen LogP contribution < -0.4 is 4.74 Å². The SMILES string of the molecule is CSCOc1cc(-c2ncc(C(F)(F)F)cc2Cl)c(F)cc1Cl. The lowest BCUT2D eigenvalue weighted by Gasteiger charge is -2.12. The topological polar surface area (TPSA) is 22.1 Å². The van der Waals surface area contributed by atoms with Gasteiger partial charge in [-0.25, -0.2) is 4.39 Å². The molecule has 1 aromatic heterocycles. The number of hydrogen-bond donors (Lipinski definition) is 0. The van der Waals surface area contributed by atoms with Crippen LogP contribution in [0.15, 0.2) is 24.4 Å². The average molecular weight is 386 g/mol. The first-order valence-corrected chi connectivity index (χ1v) is 8.23. The fourth-order valence-electron chi connectivity index (χ4n) is 1.73. The van der Waals surface area contributed by atoms with Crippen LogP contribution in [0.3, 0.4) is 0 Å². The van der Waals surface area contributed by atoms with Crippen molar-refractivity contribution in [1.29, 1.82) is 0 Å². The molecule has 0 aliphatic rings. The van der Waals surface area contributed by atoms with Gasteiger partial charge in [0.1, 0.15) is 17.5 Å². The molecule has 0 aliphatic heterocycles. The van der Waals surface area contributed by atoms with Crippen molar-refractivity contribution in [3.05, 3.63) is 45.8 Å². The molecular weight excluding hydrogens is 377 g/mol. The number of nitrogens with zero attached hydrogens (tertiary/aromatic N) is 1. The molecule has 2 aromatic rings. The largest absolute Gasteiger partial charge is 0.481 e. The molecule has 0 unspecified atom stereocenters. The van der Waals surface area contributed by atoms with Crippen LogP contribution in [0.25, 0.3) is 11.3 Å². The smallest absolute Gasteiger partial charge is 0.417 e. The van der Waals surface area contributed by atoms with Crippen LogP contribution in [0, 0.1) is 5.82 Å². The van der Waals surface area contributed by atoms with Gasteiger partial charge in [-0.3, -0.25) is 4.98 Å². The van der Waals surface area contributed by atoms with E-state index in [0.29, 0.717) is 12.3 Å². The number of alkyl halides is 3. The minimum absolute atomic E-state index is 0.0448. The highest BCUT2D eigenvalue weighted by Crippen LogP contribution is 2.38. The highest BCUT2D eigenvalue weighted by molar-refractivity contribution is 7.98. The maximum absolute atomic E-state index is 14.1. The molecule has 0 bridgehead atoms. The Kier molecular flexibility index (Phi) is 5.65. The summed E-state index contributed by atoms with van der Waals surface area (Å²) in [7, 11) is 0. The third-order valence-corrected chi connectivity index (χ3v) is 3.71. The molecule has 0 saturated carbocycles. The van der Waals surface area contributed by atoms with E-state index in [9.17, 15) is 17.6 Å². The second kappa shape index (κ2) is 7.15.